The Bertz CT molecular complexity index is 1100. The molecule has 2 heterocycles. The van der Waals surface area contributed by atoms with Crippen LogP contribution in [0.3, 0.4) is 0 Å². The van der Waals surface area contributed by atoms with Crippen molar-refractivity contribution in [3.05, 3.63) is 69.3 Å². The maximum atomic E-state index is 11.0. The second kappa shape index (κ2) is 6.57. The lowest BCUT2D eigenvalue weighted by Crippen LogP contribution is -2.31. The number of non-ortho nitro benzene ring substituents is 1. The smallest absolute Gasteiger partial charge is 0.270 e. The average molecular weight is 360 g/mol. The molecule has 1 aliphatic rings. The molecule has 0 amide bonds. The minimum atomic E-state index is -0.469. The number of ether oxygens (including phenoxy) is 1. The van der Waals surface area contributed by atoms with Crippen molar-refractivity contribution in [2.75, 3.05) is 18.6 Å². The van der Waals surface area contributed by atoms with Crippen molar-refractivity contribution in [3.8, 4) is 11.8 Å². The molecule has 0 spiro atoms. The molecular formula is C20H16N4O3. The standard InChI is InChI=1S/C20H16N4O3/c1-27-19-4-2-3-13-12-23(8-7-16(13)19)20-9-14(11-21)17-10-15(24(25)26)5-6-18(17)22-20/h2-6,9-10H,7-8,12H2,1H3. The molecule has 7 heteroatoms. The second-order valence-corrected chi connectivity index (χ2v) is 6.37. The summed E-state index contributed by atoms with van der Waals surface area (Å²) in [4.78, 5) is 17.3. The molecule has 4 rings (SSSR count). The number of pyridine rings is 1. The van der Waals surface area contributed by atoms with E-state index in [0.717, 1.165) is 18.7 Å². The molecule has 2 aromatic carbocycles. The minimum absolute atomic E-state index is 0.0486. The molecule has 0 saturated heterocycles. The molecule has 27 heavy (non-hydrogen) atoms. The highest BCUT2D eigenvalue weighted by Crippen LogP contribution is 2.32. The van der Waals surface area contributed by atoms with E-state index in [4.69, 9.17) is 4.74 Å². The van der Waals surface area contributed by atoms with Crippen molar-refractivity contribution in [1.29, 1.82) is 5.26 Å². The third-order valence-corrected chi connectivity index (χ3v) is 4.88. The zero-order valence-electron chi connectivity index (χ0n) is 14.7. The van der Waals surface area contributed by atoms with Gasteiger partial charge in [-0.1, -0.05) is 12.1 Å². The molecule has 0 unspecified atom stereocenters. The van der Waals surface area contributed by atoms with E-state index >= 15 is 0 Å². The first kappa shape index (κ1) is 16.8. The van der Waals surface area contributed by atoms with Crippen molar-refractivity contribution < 1.29 is 9.66 Å². The summed E-state index contributed by atoms with van der Waals surface area (Å²) < 4.78 is 5.45. The van der Waals surface area contributed by atoms with Gasteiger partial charge in [0.05, 0.1) is 29.2 Å². The summed E-state index contributed by atoms with van der Waals surface area (Å²) in [6.07, 6.45) is 0.821. The molecule has 0 radical (unpaired) electrons. The Kier molecular flexibility index (Phi) is 4.09. The molecule has 1 aliphatic heterocycles. The summed E-state index contributed by atoms with van der Waals surface area (Å²) >= 11 is 0. The Morgan fingerprint density at radius 3 is 2.89 bits per heavy atom. The number of fused-ring (bicyclic) bond motifs is 2. The maximum Gasteiger partial charge on any atom is 0.270 e. The molecular weight excluding hydrogens is 344 g/mol. The van der Waals surface area contributed by atoms with E-state index < -0.39 is 4.92 Å². The van der Waals surface area contributed by atoms with Crippen LogP contribution in [-0.2, 0) is 13.0 Å². The average Bonchev–Trinajstić information content (AvgIpc) is 2.71. The van der Waals surface area contributed by atoms with Gasteiger partial charge < -0.3 is 9.64 Å². The third kappa shape index (κ3) is 2.91. The summed E-state index contributed by atoms with van der Waals surface area (Å²) in [5, 5.41) is 21.0. The summed E-state index contributed by atoms with van der Waals surface area (Å²) in [5.74, 6) is 1.59. The van der Waals surface area contributed by atoms with Gasteiger partial charge in [0.25, 0.3) is 5.69 Å². The third-order valence-electron chi connectivity index (χ3n) is 4.88. The van der Waals surface area contributed by atoms with Crippen LogP contribution in [0, 0.1) is 21.4 Å². The van der Waals surface area contributed by atoms with Crippen molar-refractivity contribution in [2.45, 2.75) is 13.0 Å². The van der Waals surface area contributed by atoms with E-state index in [1.165, 1.54) is 23.3 Å². The zero-order chi connectivity index (χ0) is 19.0. The molecule has 0 N–H and O–H groups in total. The van der Waals surface area contributed by atoms with Crippen LogP contribution in [0.2, 0.25) is 0 Å². The number of nitriles is 1. The van der Waals surface area contributed by atoms with Crippen molar-refractivity contribution >= 4 is 22.4 Å². The van der Waals surface area contributed by atoms with E-state index in [1.807, 2.05) is 12.1 Å². The van der Waals surface area contributed by atoms with Gasteiger partial charge in [0, 0.05) is 36.2 Å². The number of rotatable bonds is 3. The van der Waals surface area contributed by atoms with Gasteiger partial charge in [-0.2, -0.15) is 5.26 Å². The maximum absolute atomic E-state index is 11.0. The van der Waals surface area contributed by atoms with Crippen molar-refractivity contribution in [3.63, 3.8) is 0 Å². The number of nitro groups is 1. The van der Waals surface area contributed by atoms with Crippen LogP contribution < -0.4 is 9.64 Å². The van der Waals surface area contributed by atoms with Gasteiger partial charge in [-0.3, -0.25) is 10.1 Å². The van der Waals surface area contributed by atoms with Crippen LogP contribution in [-0.4, -0.2) is 23.6 Å². The molecule has 7 nitrogen and oxygen atoms in total. The van der Waals surface area contributed by atoms with Gasteiger partial charge in [0.2, 0.25) is 0 Å². The number of aromatic nitrogens is 1. The number of benzene rings is 2. The van der Waals surface area contributed by atoms with E-state index in [0.29, 0.717) is 28.8 Å². The van der Waals surface area contributed by atoms with Crippen molar-refractivity contribution in [1.82, 2.24) is 4.98 Å². The fourth-order valence-electron chi connectivity index (χ4n) is 3.53. The number of hydrogen-bond acceptors (Lipinski definition) is 6. The highest BCUT2D eigenvalue weighted by molar-refractivity contribution is 5.88. The zero-order valence-corrected chi connectivity index (χ0v) is 14.7. The molecule has 3 aromatic rings. The quantitative estimate of drug-likeness (QED) is 0.523. The number of hydrogen-bond donors (Lipinski definition) is 0. The van der Waals surface area contributed by atoms with E-state index in [1.54, 1.807) is 19.2 Å². The number of nitrogens with zero attached hydrogens (tertiary/aromatic N) is 4. The van der Waals surface area contributed by atoms with Gasteiger partial charge in [-0.15, -0.1) is 0 Å². The normalized spacial score (nSPS) is 13.1. The number of methoxy groups -OCH3 is 1. The van der Waals surface area contributed by atoms with Crippen molar-refractivity contribution in [2.24, 2.45) is 0 Å². The molecule has 0 fully saturated rings. The van der Waals surface area contributed by atoms with Crippen LogP contribution in [0.15, 0.2) is 42.5 Å². The van der Waals surface area contributed by atoms with E-state index in [-0.39, 0.29) is 5.69 Å². The first-order valence-electron chi connectivity index (χ1n) is 8.49. The van der Waals surface area contributed by atoms with Crippen LogP contribution in [0.25, 0.3) is 10.9 Å². The summed E-state index contributed by atoms with van der Waals surface area (Å²) in [7, 11) is 1.67. The van der Waals surface area contributed by atoms with Gasteiger partial charge in [-0.05, 0) is 30.2 Å². The van der Waals surface area contributed by atoms with E-state index in [2.05, 4.69) is 22.0 Å². The summed E-state index contributed by atoms with van der Waals surface area (Å²) in [6.45, 7) is 1.42. The number of nitro benzene ring substituents is 1. The Hall–Kier alpha value is -3.66. The molecule has 0 bridgehead atoms. The fourth-order valence-corrected chi connectivity index (χ4v) is 3.53. The highest BCUT2D eigenvalue weighted by atomic mass is 16.6. The monoisotopic (exact) mass is 360 g/mol. The predicted molar refractivity (Wildman–Crippen MR) is 101 cm³/mol. The first-order valence-corrected chi connectivity index (χ1v) is 8.49. The Morgan fingerprint density at radius 2 is 2.15 bits per heavy atom. The lowest BCUT2D eigenvalue weighted by atomic mass is 9.98. The Morgan fingerprint density at radius 1 is 1.30 bits per heavy atom. The first-order chi connectivity index (χ1) is 13.1. The SMILES string of the molecule is COc1cccc2c1CCN(c1cc(C#N)c3cc([N+](=O)[O-])ccc3n1)C2. The molecule has 1 aromatic heterocycles. The lowest BCUT2D eigenvalue weighted by molar-refractivity contribution is -0.384. The summed E-state index contributed by atoms with van der Waals surface area (Å²) in [6, 6.07) is 14.3. The lowest BCUT2D eigenvalue weighted by Gasteiger charge is -2.31. The molecule has 0 aliphatic carbocycles. The largest absolute Gasteiger partial charge is 0.496 e. The highest BCUT2D eigenvalue weighted by Gasteiger charge is 2.21. The van der Waals surface area contributed by atoms with Crippen LogP contribution in [0.1, 0.15) is 16.7 Å². The van der Waals surface area contributed by atoms with Gasteiger partial charge in [0.1, 0.15) is 11.6 Å². The van der Waals surface area contributed by atoms with Gasteiger partial charge in [-0.25, -0.2) is 4.98 Å². The second-order valence-electron chi connectivity index (χ2n) is 6.37. The van der Waals surface area contributed by atoms with Crippen LogP contribution in [0.4, 0.5) is 11.5 Å². The predicted octanol–water partition coefficient (Wildman–Crippen LogP) is 3.59. The fraction of sp³-hybridized carbons (Fsp3) is 0.200. The molecule has 0 saturated carbocycles. The van der Waals surface area contributed by atoms with Gasteiger partial charge in [0.15, 0.2) is 0 Å². The van der Waals surface area contributed by atoms with Crippen LogP contribution in [0.5, 0.6) is 5.75 Å². The summed E-state index contributed by atoms with van der Waals surface area (Å²) in [5.41, 5.74) is 3.28. The number of anilines is 1. The minimum Gasteiger partial charge on any atom is -0.496 e. The van der Waals surface area contributed by atoms with Crippen LogP contribution >= 0.6 is 0 Å². The molecule has 134 valence electrons. The van der Waals surface area contributed by atoms with E-state index in [9.17, 15) is 15.4 Å². The molecule has 0 atom stereocenters. The topological polar surface area (TPSA) is 92.3 Å². The Balaban J connectivity index is 1.75. The van der Waals surface area contributed by atoms with Gasteiger partial charge >= 0.3 is 0 Å². The Labute approximate surface area is 155 Å².